The third-order valence-corrected chi connectivity index (χ3v) is 3.53. The lowest BCUT2D eigenvalue weighted by Crippen LogP contribution is -2.16. The predicted molar refractivity (Wildman–Crippen MR) is 70.9 cm³/mol. The Morgan fingerprint density at radius 3 is 2.84 bits per heavy atom. The van der Waals surface area contributed by atoms with E-state index < -0.39 is 5.97 Å². The van der Waals surface area contributed by atoms with Gasteiger partial charge in [0.25, 0.3) is 0 Å². The molecular formula is C14H12BrFO3. The zero-order valence-corrected chi connectivity index (χ0v) is 11.9. The van der Waals surface area contributed by atoms with Gasteiger partial charge in [-0.3, -0.25) is 9.59 Å². The zero-order valence-electron chi connectivity index (χ0n) is 10.3. The minimum Gasteiger partial charge on any atom is -0.431 e. The van der Waals surface area contributed by atoms with Gasteiger partial charge in [0, 0.05) is 23.7 Å². The maximum Gasteiger partial charge on any atom is 0.307 e. The Labute approximate surface area is 118 Å². The molecule has 1 aromatic rings. The fourth-order valence-corrected chi connectivity index (χ4v) is 2.76. The molecule has 0 fully saturated rings. The van der Waals surface area contributed by atoms with Crippen molar-refractivity contribution in [3.05, 3.63) is 45.9 Å². The van der Waals surface area contributed by atoms with Crippen LogP contribution >= 0.6 is 15.9 Å². The summed E-state index contributed by atoms with van der Waals surface area (Å²) < 4.78 is 18.6. The van der Waals surface area contributed by atoms with Gasteiger partial charge >= 0.3 is 5.97 Å². The second kappa shape index (κ2) is 5.65. The van der Waals surface area contributed by atoms with Crippen molar-refractivity contribution in [1.29, 1.82) is 0 Å². The second-order valence-corrected chi connectivity index (χ2v) is 5.27. The summed E-state index contributed by atoms with van der Waals surface area (Å²) in [5, 5.41) is 0. The first kappa shape index (κ1) is 13.9. The third kappa shape index (κ3) is 3.50. The van der Waals surface area contributed by atoms with Gasteiger partial charge in [0.2, 0.25) is 0 Å². The fourth-order valence-electron chi connectivity index (χ4n) is 2.11. The minimum absolute atomic E-state index is 0.0000231. The Kier molecular flexibility index (Phi) is 4.14. The number of hydrogen-bond acceptors (Lipinski definition) is 3. The summed E-state index contributed by atoms with van der Waals surface area (Å²) in [6.07, 6.45) is 2.21. The minimum atomic E-state index is -0.446. The van der Waals surface area contributed by atoms with E-state index in [0.717, 1.165) is 5.56 Å². The number of rotatable bonds is 2. The van der Waals surface area contributed by atoms with Crippen molar-refractivity contribution >= 4 is 27.7 Å². The SMILES string of the molecule is CC(=O)OC1=CC(c2ccc(F)cc2Br)CC(=O)C1. The van der Waals surface area contributed by atoms with E-state index in [1.54, 1.807) is 12.1 Å². The van der Waals surface area contributed by atoms with Gasteiger partial charge in [0.1, 0.15) is 17.4 Å². The number of Topliss-reactive ketones (excluding diaryl/α,β-unsaturated/α-hetero) is 1. The first-order chi connectivity index (χ1) is 8.95. The number of esters is 1. The topological polar surface area (TPSA) is 43.4 Å². The van der Waals surface area contributed by atoms with E-state index in [1.165, 1.54) is 19.1 Å². The van der Waals surface area contributed by atoms with Crippen LogP contribution < -0.4 is 0 Å². The third-order valence-electron chi connectivity index (χ3n) is 2.84. The maximum atomic E-state index is 13.1. The summed E-state index contributed by atoms with van der Waals surface area (Å²) in [7, 11) is 0. The molecule has 5 heteroatoms. The van der Waals surface area contributed by atoms with Crippen LogP contribution in [0.4, 0.5) is 4.39 Å². The monoisotopic (exact) mass is 326 g/mol. The summed E-state index contributed by atoms with van der Waals surface area (Å²) in [5.41, 5.74) is 0.805. The van der Waals surface area contributed by atoms with Gasteiger partial charge in [-0.2, -0.15) is 0 Å². The Balaban J connectivity index is 2.32. The average Bonchev–Trinajstić information content (AvgIpc) is 2.26. The van der Waals surface area contributed by atoms with Crippen LogP contribution in [0.1, 0.15) is 31.2 Å². The molecule has 3 nitrogen and oxygen atoms in total. The number of ether oxygens (including phenoxy) is 1. The second-order valence-electron chi connectivity index (χ2n) is 4.42. The zero-order chi connectivity index (χ0) is 14.0. The first-order valence-electron chi connectivity index (χ1n) is 5.81. The van der Waals surface area contributed by atoms with Crippen molar-refractivity contribution in [3.8, 4) is 0 Å². The first-order valence-corrected chi connectivity index (χ1v) is 6.61. The van der Waals surface area contributed by atoms with Crippen molar-refractivity contribution in [2.75, 3.05) is 0 Å². The predicted octanol–water partition coefficient (Wildman–Crippen LogP) is 3.48. The van der Waals surface area contributed by atoms with E-state index in [2.05, 4.69) is 15.9 Å². The molecule has 0 aliphatic heterocycles. The number of allylic oxidation sites excluding steroid dienone is 2. The molecule has 0 spiro atoms. The van der Waals surface area contributed by atoms with Crippen molar-refractivity contribution in [1.82, 2.24) is 0 Å². The average molecular weight is 327 g/mol. The number of halogens is 2. The summed E-state index contributed by atoms with van der Waals surface area (Å²) in [6.45, 7) is 1.29. The summed E-state index contributed by atoms with van der Waals surface area (Å²) in [4.78, 5) is 22.6. The molecule has 100 valence electrons. The molecule has 1 atom stereocenters. The van der Waals surface area contributed by atoms with Crippen LogP contribution in [-0.4, -0.2) is 11.8 Å². The van der Waals surface area contributed by atoms with Gasteiger partial charge in [-0.25, -0.2) is 4.39 Å². The highest BCUT2D eigenvalue weighted by molar-refractivity contribution is 9.10. The van der Waals surface area contributed by atoms with Gasteiger partial charge in [-0.1, -0.05) is 22.0 Å². The molecular weight excluding hydrogens is 315 g/mol. The Hall–Kier alpha value is -1.49. The van der Waals surface area contributed by atoms with E-state index in [-0.39, 0.29) is 23.9 Å². The molecule has 0 bridgehead atoms. The van der Waals surface area contributed by atoms with Gasteiger partial charge < -0.3 is 4.74 Å². The highest BCUT2D eigenvalue weighted by atomic mass is 79.9. The van der Waals surface area contributed by atoms with Gasteiger partial charge in [0.15, 0.2) is 0 Å². The largest absolute Gasteiger partial charge is 0.431 e. The standard InChI is InChI=1S/C14H12BrFO3/c1-8(17)19-12-5-9(4-11(18)7-12)13-3-2-10(16)6-14(13)15/h2-3,5-6,9H,4,7H2,1H3. The number of hydrogen-bond donors (Lipinski definition) is 0. The molecule has 1 aliphatic rings. The molecule has 1 aliphatic carbocycles. The molecule has 0 N–H and O–H groups in total. The summed E-state index contributed by atoms with van der Waals surface area (Å²) in [5.74, 6) is -0.629. The molecule has 0 amide bonds. The van der Waals surface area contributed by atoms with Crippen LogP contribution in [0.2, 0.25) is 0 Å². The van der Waals surface area contributed by atoms with E-state index in [0.29, 0.717) is 16.7 Å². The smallest absolute Gasteiger partial charge is 0.307 e. The lowest BCUT2D eigenvalue weighted by Gasteiger charge is -2.21. The molecule has 0 radical (unpaired) electrons. The highest BCUT2D eigenvalue weighted by Gasteiger charge is 2.24. The van der Waals surface area contributed by atoms with Gasteiger partial charge in [-0.15, -0.1) is 0 Å². The number of carbonyl (C=O) groups excluding carboxylic acids is 2. The van der Waals surface area contributed by atoms with Crippen LogP contribution in [-0.2, 0) is 14.3 Å². The Morgan fingerprint density at radius 1 is 1.47 bits per heavy atom. The van der Waals surface area contributed by atoms with E-state index in [9.17, 15) is 14.0 Å². The van der Waals surface area contributed by atoms with Crippen LogP contribution in [0, 0.1) is 5.82 Å². The van der Waals surface area contributed by atoms with Crippen LogP contribution in [0.5, 0.6) is 0 Å². The van der Waals surface area contributed by atoms with Crippen LogP contribution in [0.3, 0.4) is 0 Å². The fraction of sp³-hybridized carbons (Fsp3) is 0.286. The maximum absolute atomic E-state index is 13.1. The Bertz CT molecular complexity index is 566. The molecule has 2 rings (SSSR count). The summed E-state index contributed by atoms with van der Waals surface area (Å²) in [6, 6.07) is 4.33. The molecule has 0 aromatic heterocycles. The lowest BCUT2D eigenvalue weighted by atomic mass is 9.87. The van der Waals surface area contributed by atoms with Crippen molar-refractivity contribution in [2.45, 2.75) is 25.7 Å². The number of benzene rings is 1. The molecule has 0 heterocycles. The molecule has 1 aromatic carbocycles. The van der Waals surface area contributed by atoms with Crippen LogP contribution in [0.15, 0.2) is 34.5 Å². The van der Waals surface area contributed by atoms with Crippen molar-refractivity contribution in [2.24, 2.45) is 0 Å². The Morgan fingerprint density at radius 2 is 2.21 bits per heavy atom. The van der Waals surface area contributed by atoms with Gasteiger partial charge in [0.05, 0.1) is 6.42 Å². The van der Waals surface area contributed by atoms with Crippen molar-refractivity contribution < 1.29 is 18.7 Å². The number of carbonyl (C=O) groups is 2. The van der Waals surface area contributed by atoms with Crippen molar-refractivity contribution in [3.63, 3.8) is 0 Å². The molecule has 0 saturated carbocycles. The quantitative estimate of drug-likeness (QED) is 0.781. The summed E-state index contributed by atoms with van der Waals surface area (Å²) >= 11 is 3.29. The normalized spacial score (nSPS) is 19.0. The van der Waals surface area contributed by atoms with Crippen LogP contribution in [0.25, 0.3) is 0 Å². The van der Waals surface area contributed by atoms with E-state index >= 15 is 0 Å². The molecule has 0 saturated heterocycles. The van der Waals surface area contributed by atoms with Gasteiger partial charge in [-0.05, 0) is 23.8 Å². The highest BCUT2D eigenvalue weighted by Crippen LogP contribution is 2.34. The number of ketones is 1. The van der Waals surface area contributed by atoms with E-state index in [1.807, 2.05) is 0 Å². The lowest BCUT2D eigenvalue weighted by molar-refractivity contribution is -0.137. The molecule has 19 heavy (non-hydrogen) atoms. The molecule has 1 unspecified atom stereocenters. The van der Waals surface area contributed by atoms with E-state index in [4.69, 9.17) is 4.74 Å².